The van der Waals surface area contributed by atoms with Crippen LogP contribution in [-0.2, 0) is 0 Å². The number of aromatic nitrogens is 1. The normalized spacial score (nSPS) is 10.2. The second-order valence-electron chi connectivity index (χ2n) is 2.85. The van der Waals surface area contributed by atoms with Gasteiger partial charge in [-0.3, -0.25) is 0 Å². The molecule has 5 heteroatoms. The van der Waals surface area contributed by atoms with Crippen molar-refractivity contribution < 1.29 is 9.90 Å². The van der Waals surface area contributed by atoms with Gasteiger partial charge in [0.1, 0.15) is 5.01 Å². The first-order valence-corrected chi connectivity index (χ1v) is 5.37. The fourth-order valence-electron chi connectivity index (χ4n) is 1.13. The Hall–Kier alpha value is -1.39. The lowest BCUT2D eigenvalue weighted by atomic mass is 10.2. The van der Waals surface area contributed by atoms with Crippen LogP contribution in [0.3, 0.4) is 0 Å². The molecule has 1 N–H and O–H groups in total. The van der Waals surface area contributed by atoms with Crippen LogP contribution in [0.15, 0.2) is 29.6 Å². The molecule has 0 spiro atoms. The summed E-state index contributed by atoms with van der Waals surface area (Å²) in [6.07, 6.45) is 0. The van der Waals surface area contributed by atoms with Gasteiger partial charge in [0.2, 0.25) is 0 Å². The second-order valence-corrected chi connectivity index (χ2v) is 4.15. The summed E-state index contributed by atoms with van der Waals surface area (Å²) in [6.45, 7) is 0. The largest absolute Gasteiger partial charge is 0.476 e. The Morgan fingerprint density at radius 3 is 2.87 bits per heavy atom. The third-order valence-corrected chi connectivity index (χ3v) is 2.92. The van der Waals surface area contributed by atoms with E-state index in [1.807, 2.05) is 6.07 Å². The molecule has 0 aliphatic rings. The van der Waals surface area contributed by atoms with Crippen molar-refractivity contribution in [2.24, 2.45) is 0 Å². The first kappa shape index (κ1) is 10.1. The molecule has 0 aliphatic heterocycles. The molecule has 2 rings (SSSR count). The van der Waals surface area contributed by atoms with Crippen LogP contribution in [0.4, 0.5) is 0 Å². The van der Waals surface area contributed by atoms with E-state index in [4.69, 9.17) is 16.7 Å². The van der Waals surface area contributed by atoms with E-state index in [1.165, 1.54) is 16.7 Å². The highest BCUT2D eigenvalue weighted by molar-refractivity contribution is 7.13. The number of aromatic carboxylic acids is 1. The van der Waals surface area contributed by atoms with Crippen LogP contribution in [0.25, 0.3) is 10.6 Å². The number of hydrogen-bond donors (Lipinski definition) is 1. The number of halogens is 1. The van der Waals surface area contributed by atoms with Crippen molar-refractivity contribution in [3.05, 3.63) is 40.4 Å². The Bertz CT molecular complexity index is 510. The molecule has 0 saturated carbocycles. The Morgan fingerprint density at radius 1 is 1.47 bits per heavy atom. The molecule has 0 amide bonds. The van der Waals surface area contributed by atoms with E-state index in [9.17, 15) is 4.79 Å². The van der Waals surface area contributed by atoms with Crippen molar-refractivity contribution in [1.82, 2.24) is 4.98 Å². The summed E-state index contributed by atoms with van der Waals surface area (Å²) in [6, 6.07) is 7.17. The molecular weight excluding hydrogens is 234 g/mol. The molecule has 0 unspecified atom stereocenters. The smallest absolute Gasteiger partial charge is 0.355 e. The van der Waals surface area contributed by atoms with Gasteiger partial charge in [-0.1, -0.05) is 23.7 Å². The monoisotopic (exact) mass is 239 g/mol. The van der Waals surface area contributed by atoms with Gasteiger partial charge in [0.15, 0.2) is 5.69 Å². The van der Waals surface area contributed by atoms with Crippen LogP contribution in [0.1, 0.15) is 10.5 Å². The van der Waals surface area contributed by atoms with Crippen LogP contribution < -0.4 is 0 Å². The topological polar surface area (TPSA) is 50.2 Å². The minimum atomic E-state index is -1.01. The van der Waals surface area contributed by atoms with Crippen LogP contribution in [0.5, 0.6) is 0 Å². The average molecular weight is 240 g/mol. The lowest BCUT2D eigenvalue weighted by molar-refractivity contribution is 0.0691. The molecule has 0 fully saturated rings. The summed E-state index contributed by atoms with van der Waals surface area (Å²) in [5, 5.41) is 11.5. The van der Waals surface area contributed by atoms with E-state index in [2.05, 4.69) is 4.98 Å². The number of thiazole rings is 1. The van der Waals surface area contributed by atoms with Crippen molar-refractivity contribution >= 4 is 28.9 Å². The molecule has 0 saturated heterocycles. The number of hydrogen-bond acceptors (Lipinski definition) is 3. The number of carboxylic acids is 1. The van der Waals surface area contributed by atoms with E-state index in [1.54, 1.807) is 18.2 Å². The van der Waals surface area contributed by atoms with Crippen LogP contribution in [0.2, 0.25) is 5.02 Å². The molecule has 1 heterocycles. The van der Waals surface area contributed by atoms with Gasteiger partial charge >= 0.3 is 5.97 Å². The number of rotatable bonds is 2. The molecule has 0 bridgehead atoms. The summed E-state index contributed by atoms with van der Waals surface area (Å²) in [5.74, 6) is -1.01. The maximum atomic E-state index is 10.6. The maximum Gasteiger partial charge on any atom is 0.355 e. The van der Waals surface area contributed by atoms with Gasteiger partial charge in [-0.15, -0.1) is 11.3 Å². The fourth-order valence-corrected chi connectivity index (χ4v) is 2.11. The molecule has 0 atom stereocenters. The zero-order valence-electron chi connectivity index (χ0n) is 7.48. The molecule has 1 aromatic carbocycles. The molecule has 2 aromatic rings. The SMILES string of the molecule is O=C(O)c1csc(-c2cccc(Cl)c2)n1. The zero-order valence-corrected chi connectivity index (χ0v) is 9.05. The minimum Gasteiger partial charge on any atom is -0.476 e. The Morgan fingerprint density at radius 2 is 2.27 bits per heavy atom. The van der Waals surface area contributed by atoms with Crippen molar-refractivity contribution in [3.8, 4) is 10.6 Å². The average Bonchev–Trinajstić information content (AvgIpc) is 2.66. The molecule has 15 heavy (non-hydrogen) atoms. The van der Waals surface area contributed by atoms with Gasteiger partial charge in [-0.25, -0.2) is 9.78 Å². The van der Waals surface area contributed by atoms with Gasteiger partial charge < -0.3 is 5.11 Å². The first-order valence-electron chi connectivity index (χ1n) is 4.11. The van der Waals surface area contributed by atoms with Crippen molar-refractivity contribution in [1.29, 1.82) is 0 Å². The van der Waals surface area contributed by atoms with Crippen LogP contribution in [0, 0.1) is 0 Å². The summed E-state index contributed by atoms with van der Waals surface area (Å²) >= 11 is 7.11. The maximum absolute atomic E-state index is 10.6. The van der Waals surface area contributed by atoms with E-state index in [0.29, 0.717) is 10.0 Å². The van der Waals surface area contributed by atoms with Crippen molar-refractivity contribution in [2.75, 3.05) is 0 Å². The quantitative estimate of drug-likeness (QED) is 0.876. The first-order chi connectivity index (χ1) is 7.16. The Labute approximate surface area is 95.0 Å². The van der Waals surface area contributed by atoms with Crippen LogP contribution in [-0.4, -0.2) is 16.1 Å². The van der Waals surface area contributed by atoms with Gasteiger partial charge in [-0.2, -0.15) is 0 Å². The van der Waals surface area contributed by atoms with E-state index < -0.39 is 5.97 Å². The van der Waals surface area contributed by atoms with Crippen molar-refractivity contribution in [3.63, 3.8) is 0 Å². The minimum absolute atomic E-state index is 0.0648. The Balaban J connectivity index is 2.41. The Kier molecular flexibility index (Phi) is 2.70. The zero-order chi connectivity index (χ0) is 10.8. The number of nitrogens with zero attached hydrogens (tertiary/aromatic N) is 1. The third kappa shape index (κ3) is 2.16. The van der Waals surface area contributed by atoms with Gasteiger partial charge in [-0.05, 0) is 12.1 Å². The molecule has 1 aromatic heterocycles. The number of carbonyl (C=O) groups is 1. The molecule has 0 aliphatic carbocycles. The predicted molar refractivity (Wildman–Crippen MR) is 59.5 cm³/mol. The molecule has 0 radical (unpaired) electrons. The van der Waals surface area contributed by atoms with E-state index in [-0.39, 0.29) is 5.69 Å². The van der Waals surface area contributed by atoms with Gasteiger partial charge in [0.25, 0.3) is 0 Å². The fraction of sp³-hybridized carbons (Fsp3) is 0. The van der Waals surface area contributed by atoms with Gasteiger partial charge in [0, 0.05) is 16.0 Å². The van der Waals surface area contributed by atoms with Crippen molar-refractivity contribution in [2.45, 2.75) is 0 Å². The highest BCUT2D eigenvalue weighted by atomic mass is 35.5. The highest BCUT2D eigenvalue weighted by Crippen LogP contribution is 2.25. The molecule has 3 nitrogen and oxygen atoms in total. The van der Waals surface area contributed by atoms with Crippen LogP contribution >= 0.6 is 22.9 Å². The third-order valence-electron chi connectivity index (χ3n) is 1.79. The summed E-state index contributed by atoms with van der Waals surface area (Å²) in [5.41, 5.74) is 0.898. The number of carboxylic acid groups (broad SMARTS) is 1. The summed E-state index contributed by atoms with van der Waals surface area (Å²) < 4.78 is 0. The van der Waals surface area contributed by atoms with Gasteiger partial charge in [0.05, 0.1) is 0 Å². The lowest BCUT2D eigenvalue weighted by Crippen LogP contribution is -1.95. The van der Waals surface area contributed by atoms with E-state index >= 15 is 0 Å². The standard InChI is InChI=1S/C10H6ClNO2S/c11-7-3-1-2-6(4-7)9-12-8(5-15-9)10(13)14/h1-5H,(H,13,14). The summed E-state index contributed by atoms with van der Waals surface area (Å²) in [7, 11) is 0. The molecular formula is C10H6ClNO2S. The summed E-state index contributed by atoms with van der Waals surface area (Å²) in [4.78, 5) is 14.6. The highest BCUT2D eigenvalue weighted by Gasteiger charge is 2.09. The second kappa shape index (κ2) is 4.00. The predicted octanol–water partition coefficient (Wildman–Crippen LogP) is 3.16. The number of benzene rings is 1. The lowest BCUT2D eigenvalue weighted by Gasteiger charge is -1.95. The molecule has 76 valence electrons. The van der Waals surface area contributed by atoms with E-state index in [0.717, 1.165) is 5.56 Å².